The van der Waals surface area contributed by atoms with Crippen LogP contribution < -0.4 is 5.32 Å². The number of morpholine rings is 1. The highest BCUT2D eigenvalue weighted by molar-refractivity contribution is 7.12. The summed E-state index contributed by atoms with van der Waals surface area (Å²) < 4.78 is 5.30. The van der Waals surface area contributed by atoms with Crippen molar-refractivity contribution in [2.24, 2.45) is 0 Å². The molecule has 2 aromatic rings. The highest BCUT2D eigenvalue weighted by atomic mass is 32.1. The maximum atomic E-state index is 12.1. The number of benzene rings is 1. The monoisotopic (exact) mass is 317 g/mol. The lowest BCUT2D eigenvalue weighted by molar-refractivity contribution is 0.0383. The molecule has 0 unspecified atom stereocenters. The third-order valence-corrected chi connectivity index (χ3v) is 4.43. The summed E-state index contributed by atoms with van der Waals surface area (Å²) in [5, 5.41) is 5.38. The van der Waals surface area contributed by atoms with Crippen LogP contribution in [0, 0.1) is 0 Å². The van der Waals surface area contributed by atoms with Gasteiger partial charge in [0, 0.05) is 37.1 Å². The molecular formula is C16H19N3O2S. The van der Waals surface area contributed by atoms with Crippen LogP contribution in [-0.4, -0.2) is 55.2 Å². The molecule has 1 fully saturated rings. The Labute approximate surface area is 133 Å². The summed E-state index contributed by atoms with van der Waals surface area (Å²) in [7, 11) is 0. The van der Waals surface area contributed by atoms with E-state index in [9.17, 15) is 4.79 Å². The van der Waals surface area contributed by atoms with Crippen LogP contribution in [0.3, 0.4) is 0 Å². The number of hydrogen-bond acceptors (Lipinski definition) is 5. The molecule has 1 aromatic carbocycles. The van der Waals surface area contributed by atoms with Crippen molar-refractivity contribution in [3.8, 4) is 11.3 Å². The van der Waals surface area contributed by atoms with E-state index < -0.39 is 0 Å². The predicted molar refractivity (Wildman–Crippen MR) is 87.1 cm³/mol. The van der Waals surface area contributed by atoms with Crippen molar-refractivity contribution < 1.29 is 9.53 Å². The fourth-order valence-corrected chi connectivity index (χ4v) is 3.09. The van der Waals surface area contributed by atoms with Crippen molar-refractivity contribution in [1.29, 1.82) is 0 Å². The molecule has 1 saturated heterocycles. The van der Waals surface area contributed by atoms with Crippen molar-refractivity contribution in [3.63, 3.8) is 0 Å². The third kappa shape index (κ3) is 3.91. The summed E-state index contributed by atoms with van der Waals surface area (Å²) in [6.45, 7) is 4.92. The molecule has 0 atom stereocenters. The van der Waals surface area contributed by atoms with Gasteiger partial charge in [0.1, 0.15) is 0 Å². The fraction of sp³-hybridized carbons (Fsp3) is 0.375. The van der Waals surface area contributed by atoms with Gasteiger partial charge in [0.2, 0.25) is 0 Å². The molecule has 1 amide bonds. The van der Waals surface area contributed by atoms with Crippen LogP contribution in [-0.2, 0) is 4.74 Å². The molecule has 116 valence electrons. The van der Waals surface area contributed by atoms with Crippen LogP contribution >= 0.6 is 11.3 Å². The molecule has 5 nitrogen and oxygen atoms in total. The summed E-state index contributed by atoms with van der Waals surface area (Å²) in [4.78, 5) is 18.8. The number of nitrogens with zero attached hydrogens (tertiary/aromatic N) is 2. The van der Waals surface area contributed by atoms with Crippen LogP contribution in [0.2, 0.25) is 0 Å². The zero-order valence-corrected chi connectivity index (χ0v) is 13.1. The largest absolute Gasteiger partial charge is 0.379 e. The molecule has 0 bridgehead atoms. The minimum Gasteiger partial charge on any atom is -0.379 e. The number of rotatable bonds is 5. The predicted octanol–water partition coefficient (Wildman–Crippen LogP) is 1.87. The second-order valence-corrected chi connectivity index (χ2v) is 5.97. The molecule has 1 aliphatic heterocycles. The fourth-order valence-electron chi connectivity index (χ4n) is 2.35. The van der Waals surface area contributed by atoms with Crippen LogP contribution in [0.5, 0.6) is 0 Å². The maximum absolute atomic E-state index is 12.1. The Morgan fingerprint density at radius 3 is 2.82 bits per heavy atom. The normalized spacial score (nSPS) is 15.6. The van der Waals surface area contributed by atoms with E-state index in [1.807, 2.05) is 35.7 Å². The van der Waals surface area contributed by atoms with Crippen molar-refractivity contribution in [2.75, 3.05) is 39.4 Å². The van der Waals surface area contributed by atoms with Gasteiger partial charge in [-0.3, -0.25) is 9.69 Å². The van der Waals surface area contributed by atoms with E-state index in [0.717, 1.165) is 44.1 Å². The van der Waals surface area contributed by atoms with Gasteiger partial charge in [-0.05, 0) is 0 Å². The molecule has 0 saturated carbocycles. The number of hydrogen-bond donors (Lipinski definition) is 1. The lowest BCUT2D eigenvalue weighted by atomic mass is 10.2. The smallest absolute Gasteiger partial charge is 0.280 e. The first-order valence-corrected chi connectivity index (χ1v) is 8.30. The maximum Gasteiger partial charge on any atom is 0.280 e. The van der Waals surface area contributed by atoms with Gasteiger partial charge in [0.15, 0.2) is 5.01 Å². The van der Waals surface area contributed by atoms with Crippen LogP contribution in [0.1, 0.15) is 9.80 Å². The second-order valence-electron chi connectivity index (χ2n) is 5.11. The summed E-state index contributed by atoms with van der Waals surface area (Å²) in [5.41, 5.74) is 1.88. The molecule has 0 spiro atoms. The summed E-state index contributed by atoms with van der Waals surface area (Å²) in [6, 6.07) is 9.90. The second kappa shape index (κ2) is 7.49. The summed E-state index contributed by atoms with van der Waals surface area (Å²) in [5.74, 6) is -0.0968. The third-order valence-electron chi connectivity index (χ3n) is 3.59. The van der Waals surface area contributed by atoms with E-state index in [0.29, 0.717) is 11.6 Å². The van der Waals surface area contributed by atoms with Gasteiger partial charge in [0.25, 0.3) is 5.91 Å². The molecule has 6 heteroatoms. The Morgan fingerprint density at radius 2 is 2.05 bits per heavy atom. The molecular weight excluding hydrogens is 298 g/mol. The van der Waals surface area contributed by atoms with Gasteiger partial charge in [-0.1, -0.05) is 30.3 Å². The van der Waals surface area contributed by atoms with E-state index in [1.165, 1.54) is 11.3 Å². The number of thiazole rings is 1. The molecule has 2 heterocycles. The standard InChI is InChI=1S/C16H19N3O2S/c20-15(17-6-7-19-8-10-21-11-9-19)16-18-14(12-22-16)13-4-2-1-3-5-13/h1-5,12H,6-11H2,(H,17,20). The van der Waals surface area contributed by atoms with E-state index in [-0.39, 0.29) is 5.91 Å². The molecule has 3 rings (SSSR count). The van der Waals surface area contributed by atoms with Crippen LogP contribution in [0.15, 0.2) is 35.7 Å². The Kier molecular flexibility index (Phi) is 5.15. The number of ether oxygens (including phenoxy) is 1. The summed E-state index contributed by atoms with van der Waals surface area (Å²) >= 11 is 1.38. The van der Waals surface area contributed by atoms with E-state index in [1.54, 1.807) is 0 Å². The Bertz CT molecular complexity index is 609. The molecule has 0 aliphatic carbocycles. The average Bonchev–Trinajstić information content (AvgIpc) is 3.07. The first-order chi connectivity index (χ1) is 10.8. The van der Waals surface area contributed by atoms with Gasteiger partial charge in [-0.2, -0.15) is 0 Å². The Morgan fingerprint density at radius 1 is 1.27 bits per heavy atom. The van der Waals surface area contributed by atoms with Gasteiger partial charge >= 0.3 is 0 Å². The number of amides is 1. The number of aromatic nitrogens is 1. The van der Waals surface area contributed by atoms with Crippen molar-refractivity contribution in [2.45, 2.75) is 0 Å². The molecule has 1 N–H and O–H groups in total. The van der Waals surface area contributed by atoms with Gasteiger partial charge in [-0.25, -0.2) is 4.98 Å². The molecule has 1 aliphatic rings. The topological polar surface area (TPSA) is 54.5 Å². The van der Waals surface area contributed by atoms with E-state index >= 15 is 0 Å². The van der Waals surface area contributed by atoms with E-state index in [2.05, 4.69) is 15.2 Å². The molecule has 22 heavy (non-hydrogen) atoms. The Balaban J connectivity index is 1.51. The van der Waals surface area contributed by atoms with Crippen LogP contribution in [0.4, 0.5) is 0 Å². The average molecular weight is 317 g/mol. The quantitative estimate of drug-likeness (QED) is 0.915. The molecule has 1 aromatic heterocycles. The van der Waals surface area contributed by atoms with Crippen LogP contribution in [0.25, 0.3) is 11.3 Å². The number of carbonyl (C=O) groups is 1. The highest BCUT2D eigenvalue weighted by Gasteiger charge is 2.13. The van der Waals surface area contributed by atoms with Gasteiger partial charge in [-0.15, -0.1) is 11.3 Å². The lowest BCUT2D eigenvalue weighted by Crippen LogP contribution is -2.41. The van der Waals surface area contributed by atoms with Crippen molar-refractivity contribution in [1.82, 2.24) is 15.2 Å². The first kappa shape index (κ1) is 15.1. The SMILES string of the molecule is O=C(NCCN1CCOCC1)c1nc(-c2ccccc2)cs1. The minimum atomic E-state index is -0.0968. The number of carbonyl (C=O) groups excluding carboxylic acids is 1. The lowest BCUT2D eigenvalue weighted by Gasteiger charge is -2.26. The first-order valence-electron chi connectivity index (χ1n) is 7.42. The Hall–Kier alpha value is -1.76. The summed E-state index contributed by atoms with van der Waals surface area (Å²) in [6.07, 6.45) is 0. The minimum absolute atomic E-state index is 0.0968. The van der Waals surface area contributed by atoms with Gasteiger partial charge in [0.05, 0.1) is 18.9 Å². The zero-order chi connectivity index (χ0) is 15.2. The molecule has 0 radical (unpaired) electrons. The number of nitrogens with one attached hydrogen (secondary N) is 1. The zero-order valence-electron chi connectivity index (χ0n) is 12.3. The van der Waals surface area contributed by atoms with Gasteiger partial charge < -0.3 is 10.1 Å². The highest BCUT2D eigenvalue weighted by Crippen LogP contribution is 2.21. The van der Waals surface area contributed by atoms with Crippen molar-refractivity contribution >= 4 is 17.2 Å². The van der Waals surface area contributed by atoms with Crippen molar-refractivity contribution in [3.05, 3.63) is 40.7 Å². The van der Waals surface area contributed by atoms with E-state index in [4.69, 9.17) is 4.74 Å².